The molecule has 0 aliphatic rings. The van der Waals surface area contributed by atoms with Crippen LogP contribution in [-0.4, -0.2) is 31.2 Å². The van der Waals surface area contributed by atoms with Crippen molar-refractivity contribution >= 4 is 18.9 Å². The van der Waals surface area contributed by atoms with Crippen LogP contribution >= 0.6 is 0 Å². The zero-order valence-corrected chi connectivity index (χ0v) is 15.2. The molecule has 0 saturated carbocycles. The number of halogens is 6. The van der Waals surface area contributed by atoms with Gasteiger partial charge >= 0.3 is 31.8 Å². The quantitative estimate of drug-likeness (QED) is 0.381. The summed E-state index contributed by atoms with van der Waals surface area (Å²) in [5, 5.41) is 0. The molecule has 0 atom stereocenters. The molecule has 0 aromatic heterocycles. The summed E-state index contributed by atoms with van der Waals surface area (Å²) in [5.74, 6) is -3.47. The van der Waals surface area contributed by atoms with Crippen molar-refractivity contribution in [2.24, 2.45) is 0 Å². The number of rotatable bonds is 1. The molecule has 115 valence electrons. The van der Waals surface area contributed by atoms with E-state index >= 15 is 0 Å². The Kier molecular flexibility index (Phi) is 11.6. The molecule has 0 spiro atoms. The molecule has 0 fully saturated rings. The van der Waals surface area contributed by atoms with Gasteiger partial charge in [0.15, 0.2) is 5.92 Å². The summed E-state index contributed by atoms with van der Waals surface area (Å²) in [5.41, 5.74) is -0.919. The van der Waals surface area contributed by atoms with Crippen molar-refractivity contribution in [2.45, 2.75) is 18.3 Å². The van der Waals surface area contributed by atoms with Gasteiger partial charge < -0.3 is 0 Å². The van der Waals surface area contributed by atoms with E-state index in [4.69, 9.17) is 0 Å². The van der Waals surface area contributed by atoms with Crippen LogP contribution in [0.3, 0.4) is 0 Å². The van der Waals surface area contributed by atoms with Crippen molar-refractivity contribution in [1.29, 1.82) is 0 Å². The first-order valence-corrected chi connectivity index (χ1v) is 5.74. The van der Waals surface area contributed by atoms with E-state index in [0.717, 1.165) is 18.2 Å². The molecule has 2 aromatic carbocycles. The first-order chi connectivity index (χ1) is 9.73. The summed E-state index contributed by atoms with van der Waals surface area (Å²) < 4.78 is 73.0. The third-order valence-corrected chi connectivity index (χ3v) is 2.31. The van der Waals surface area contributed by atoms with Crippen molar-refractivity contribution in [3.8, 4) is 0 Å². The second-order valence-electron chi connectivity index (χ2n) is 3.91. The predicted molar refractivity (Wildman–Crippen MR) is 71.2 cm³/mol. The summed E-state index contributed by atoms with van der Waals surface area (Å²) in [7, 11) is 0. The van der Waals surface area contributed by atoms with Gasteiger partial charge in [0.2, 0.25) is 0 Å². The second-order valence-corrected chi connectivity index (χ2v) is 3.91. The molecule has 8 heteroatoms. The predicted octanol–water partition coefficient (Wildman–Crippen LogP) is 4.80. The molecule has 1 radical (unpaired) electrons. The molecule has 0 N–H and O–H groups in total. The minimum Gasteiger partial charge on any atom is -0.184 e. The second kappa shape index (κ2) is 10.9. The van der Waals surface area contributed by atoms with Crippen LogP contribution in [0.15, 0.2) is 54.6 Å². The third kappa shape index (κ3) is 9.20. The van der Waals surface area contributed by atoms with E-state index in [1.165, 1.54) is 6.07 Å². The van der Waals surface area contributed by atoms with Crippen LogP contribution in [0.2, 0.25) is 0 Å². The fourth-order valence-corrected chi connectivity index (χ4v) is 1.47. The summed E-state index contributed by atoms with van der Waals surface area (Å²) in [6.07, 6.45) is -10.7. The Morgan fingerprint density at radius 1 is 0.739 bits per heavy atom. The number of alkyl halides is 6. The van der Waals surface area contributed by atoms with Gasteiger partial charge in [0.1, 0.15) is 0 Å². The molecule has 0 nitrogen and oxygen atoms in total. The maximum Gasteiger partial charge on any atom is 2.00 e. The number of hydrogen-bond acceptors (Lipinski definition) is 0. The average Bonchev–Trinajstić information content (AvgIpc) is 2.39. The average molecular weight is 377 g/mol. The van der Waals surface area contributed by atoms with Crippen molar-refractivity contribution in [2.75, 3.05) is 0 Å². The first-order valence-electron chi connectivity index (χ1n) is 5.74. The van der Waals surface area contributed by atoms with E-state index < -0.39 is 23.8 Å². The normalized spacial score (nSPS) is 10.7. The van der Waals surface area contributed by atoms with Crippen LogP contribution in [-0.2, 0) is 19.5 Å². The van der Waals surface area contributed by atoms with Crippen LogP contribution < -0.4 is 0 Å². The molecule has 0 heterocycles. The molecule has 0 bridgehead atoms. The van der Waals surface area contributed by atoms with E-state index in [1.54, 1.807) is 0 Å². The van der Waals surface area contributed by atoms with Gasteiger partial charge in [-0.1, -0.05) is 0 Å². The Morgan fingerprint density at radius 2 is 1.22 bits per heavy atom. The molecule has 0 aliphatic heterocycles. The van der Waals surface area contributed by atoms with Crippen molar-refractivity contribution < 1.29 is 45.8 Å². The molecule has 0 unspecified atom stereocenters. The van der Waals surface area contributed by atoms with E-state index in [0.29, 0.717) is 0 Å². The van der Waals surface area contributed by atoms with Gasteiger partial charge in [-0.2, -0.15) is 93.1 Å². The van der Waals surface area contributed by atoms with Crippen LogP contribution in [0.1, 0.15) is 11.5 Å². The van der Waals surface area contributed by atoms with Gasteiger partial charge in [-0.15, -0.1) is 5.56 Å². The van der Waals surface area contributed by atoms with Crippen molar-refractivity contribution in [1.82, 2.24) is 0 Å². The van der Waals surface area contributed by atoms with Crippen LogP contribution in [0.25, 0.3) is 0 Å². The Balaban J connectivity index is 0. The molecular formula is C15H10F6LiZn. The molecular weight excluding hydrogens is 366 g/mol. The standard InChI is InChI=1S/C9H5F6.C6H5.Li.Zn/c10-8(11,12)7(9(13,14)15)6-4-2-1-3-5-6;1-2-4-6-5-3-1;;/h1-4,7H;1-5H;;/q2*-1;;+2. The molecule has 0 saturated heterocycles. The molecule has 2 aromatic rings. The van der Waals surface area contributed by atoms with E-state index in [1.807, 2.05) is 36.4 Å². The monoisotopic (exact) mass is 375 g/mol. The Labute approximate surface area is 155 Å². The summed E-state index contributed by atoms with van der Waals surface area (Å²) in [6, 6.07) is 18.6. The largest absolute Gasteiger partial charge is 2.00 e. The zero-order valence-electron chi connectivity index (χ0n) is 12.2. The molecule has 23 heavy (non-hydrogen) atoms. The Hall–Kier alpha value is -0.759. The molecule has 2 rings (SSSR count). The van der Waals surface area contributed by atoms with E-state index in [2.05, 4.69) is 6.07 Å². The minimum absolute atomic E-state index is 0. The van der Waals surface area contributed by atoms with Crippen LogP contribution in [0.4, 0.5) is 26.3 Å². The maximum atomic E-state index is 12.2. The van der Waals surface area contributed by atoms with Gasteiger partial charge in [-0.25, -0.2) is 0 Å². The van der Waals surface area contributed by atoms with Crippen LogP contribution in [0, 0.1) is 12.1 Å². The van der Waals surface area contributed by atoms with Gasteiger partial charge in [0, 0.05) is 18.9 Å². The van der Waals surface area contributed by atoms with Gasteiger partial charge in [0.05, 0.1) is 0 Å². The van der Waals surface area contributed by atoms with Gasteiger partial charge in [-0.05, 0) is 0 Å². The smallest absolute Gasteiger partial charge is 0.184 e. The fourth-order valence-electron chi connectivity index (χ4n) is 1.47. The number of hydrogen-bond donors (Lipinski definition) is 0. The topological polar surface area (TPSA) is 0 Å². The summed E-state index contributed by atoms with van der Waals surface area (Å²) in [4.78, 5) is 0. The first kappa shape index (κ1) is 24.5. The summed E-state index contributed by atoms with van der Waals surface area (Å²) >= 11 is 0. The van der Waals surface area contributed by atoms with Crippen molar-refractivity contribution in [3.63, 3.8) is 0 Å². The van der Waals surface area contributed by atoms with E-state index in [9.17, 15) is 26.3 Å². The molecule has 0 amide bonds. The zero-order chi connectivity index (χ0) is 15.9. The Morgan fingerprint density at radius 3 is 1.48 bits per heavy atom. The summed E-state index contributed by atoms with van der Waals surface area (Å²) in [6.45, 7) is 0. The van der Waals surface area contributed by atoms with Gasteiger partial charge in [0.25, 0.3) is 0 Å². The van der Waals surface area contributed by atoms with Crippen LogP contribution in [0.5, 0.6) is 0 Å². The van der Waals surface area contributed by atoms with E-state index in [-0.39, 0.29) is 38.3 Å². The maximum absolute atomic E-state index is 12.2. The SMILES string of the molecule is FC(F)(F)C(c1[c-]cccc1)C(F)(F)F.[Li].[Zn+2].[c-]1ccccc1. The van der Waals surface area contributed by atoms with Gasteiger partial charge in [-0.3, -0.25) is 0 Å². The Bertz CT molecular complexity index is 472. The number of benzene rings is 2. The minimum atomic E-state index is -5.35. The molecule has 0 aliphatic carbocycles. The van der Waals surface area contributed by atoms with Crippen molar-refractivity contribution in [3.05, 3.63) is 72.3 Å². The third-order valence-electron chi connectivity index (χ3n) is 2.31. The fraction of sp³-hybridized carbons (Fsp3) is 0.200.